The van der Waals surface area contributed by atoms with Crippen LogP contribution < -0.4 is 20.3 Å². The molecule has 9 nitrogen and oxygen atoms in total. The third-order valence-electron chi connectivity index (χ3n) is 6.77. The van der Waals surface area contributed by atoms with Crippen molar-refractivity contribution < 1.29 is 27.5 Å². The van der Waals surface area contributed by atoms with E-state index in [-0.39, 0.29) is 30.2 Å². The summed E-state index contributed by atoms with van der Waals surface area (Å²) in [6, 6.07) is 23.4. The van der Waals surface area contributed by atoms with Crippen molar-refractivity contribution in [2.75, 3.05) is 6.79 Å². The van der Waals surface area contributed by atoms with Crippen molar-refractivity contribution in [2.24, 2.45) is 0 Å². The number of nitrogens with one attached hydrogen (secondary N) is 2. The fourth-order valence-corrected chi connectivity index (χ4v) is 6.35. The Morgan fingerprint density at radius 2 is 1.53 bits per heavy atom. The molecule has 0 fully saturated rings. The van der Waals surface area contributed by atoms with E-state index in [1.165, 1.54) is 10.4 Å². The van der Waals surface area contributed by atoms with Gasteiger partial charge in [0.2, 0.25) is 16.8 Å². The summed E-state index contributed by atoms with van der Waals surface area (Å²) in [5.74, 6) is -0.253. The maximum atomic E-state index is 13.9. The highest BCUT2D eigenvalue weighted by Gasteiger charge is 2.40. The first-order valence-corrected chi connectivity index (χ1v) is 13.4. The second-order valence-electron chi connectivity index (χ2n) is 9.06. The number of benzene rings is 4. The van der Waals surface area contributed by atoms with Crippen LogP contribution in [0.15, 0.2) is 89.8 Å². The lowest BCUT2D eigenvalue weighted by molar-refractivity contribution is -0.126. The zero-order chi connectivity index (χ0) is 26.3. The molecule has 10 heteroatoms. The number of hydrogen-bond donors (Lipinski definition) is 2. The first-order chi connectivity index (χ1) is 18.4. The first-order valence-electron chi connectivity index (χ1n) is 12.0. The van der Waals surface area contributed by atoms with Crippen LogP contribution in [0.25, 0.3) is 10.8 Å². The van der Waals surface area contributed by atoms with Crippen LogP contribution in [0.4, 0.5) is 0 Å². The van der Waals surface area contributed by atoms with E-state index in [4.69, 9.17) is 9.47 Å². The average Bonchev–Trinajstić information content (AvgIpc) is 3.43. The van der Waals surface area contributed by atoms with E-state index in [0.29, 0.717) is 11.5 Å². The van der Waals surface area contributed by atoms with Gasteiger partial charge in [0.1, 0.15) is 6.04 Å². The molecule has 4 aromatic rings. The number of hydrogen-bond acceptors (Lipinski definition) is 6. The zero-order valence-corrected chi connectivity index (χ0v) is 20.9. The summed E-state index contributed by atoms with van der Waals surface area (Å²) >= 11 is 0. The highest BCUT2D eigenvalue weighted by Crippen LogP contribution is 2.33. The number of hydrazine groups is 1. The van der Waals surface area contributed by atoms with E-state index in [1.807, 2.05) is 48.5 Å². The Labute approximate surface area is 219 Å². The number of nitrogens with zero attached hydrogens (tertiary/aromatic N) is 1. The largest absolute Gasteiger partial charge is 0.454 e. The second kappa shape index (κ2) is 9.47. The minimum atomic E-state index is -4.06. The van der Waals surface area contributed by atoms with Gasteiger partial charge in [-0.3, -0.25) is 20.4 Å². The van der Waals surface area contributed by atoms with Gasteiger partial charge in [-0.15, -0.1) is 0 Å². The van der Waals surface area contributed by atoms with Crippen LogP contribution in [0.2, 0.25) is 0 Å². The van der Waals surface area contributed by atoms with Gasteiger partial charge >= 0.3 is 0 Å². The van der Waals surface area contributed by atoms with E-state index in [0.717, 1.165) is 21.9 Å². The monoisotopic (exact) mass is 529 g/mol. The van der Waals surface area contributed by atoms with Crippen molar-refractivity contribution in [3.8, 4) is 11.5 Å². The topological polar surface area (TPSA) is 114 Å². The van der Waals surface area contributed by atoms with Crippen LogP contribution in [0.1, 0.15) is 21.5 Å². The number of rotatable bonds is 4. The molecule has 0 aliphatic carbocycles. The average molecular weight is 530 g/mol. The number of carbonyl (C=O) groups excluding carboxylic acids is 2. The third-order valence-corrected chi connectivity index (χ3v) is 8.62. The van der Waals surface area contributed by atoms with E-state index in [1.54, 1.807) is 30.3 Å². The summed E-state index contributed by atoms with van der Waals surface area (Å²) in [6.45, 7) is 0.0986. The Bertz CT molecular complexity index is 1690. The molecule has 192 valence electrons. The molecule has 2 aliphatic heterocycles. The molecule has 4 aromatic carbocycles. The first kappa shape index (κ1) is 24.0. The van der Waals surface area contributed by atoms with Crippen molar-refractivity contribution in [3.63, 3.8) is 0 Å². The molecule has 0 radical (unpaired) electrons. The molecule has 2 amide bonds. The van der Waals surface area contributed by atoms with E-state index in [9.17, 15) is 18.0 Å². The number of fused-ring (bicyclic) bond motifs is 3. The van der Waals surface area contributed by atoms with Crippen molar-refractivity contribution in [1.82, 2.24) is 15.2 Å². The molecule has 0 saturated heterocycles. The maximum Gasteiger partial charge on any atom is 0.269 e. The molecule has 0 spiro atoms. The molecule has 0 bridgehead atoms. The van der Waals surface area contributed by atoms with Gasteiger partial charge in [0.05, 0.1) is 4.90 Å². The Hall–Kier alpha value is -4.41. The van der Waals surface area contributed by atoms with Crippen LogP contribution in [0.3, 0.4) is 0 Å². The summed E-state index contributed by atoms with van der Waals surface area (Å²) in [5, 5.41) is 1.69. The molecule has 2 N–H and O–H groups in total. The molecule has 6 rings (SSSR count). The molecule has 38 heavy (non-hydrogen) atoms. The summed E-state index contributed by atoms with van der Waals surface area (Å²) in [5.41, 5.74) is 6.76. The molecule has 1 atom stereocenters. The zero-order valence-electron chi connectivity index (χ0n) is 20.1. The van der Waals surface area contributed by atoms with E-state index in [2.05, 4.69) is 10.9 Å². The fourth-order valence-electron chi connectivity index (χ4n) is 4.75. The highest BCUT2D eigenvalue weighted by molar-refractivity contribution is 7.89. The lowest BCUT2D eigenvalue weighted by Crippen LogP contribution is -2.55. The van der Waals surface area contributed by atoms with E-state index >= 15 is 0 Å². The lowest BCUT2D eigenvalue weighted by Gasteiger charge is -2.35. The Balaban J connectivity index is 1.27. The summed E-state index contributed by atoms with van der Waals surface area (Å²) < 4.78 is 39.5. The number of ether oxygens (including phenoxy) is 2. The lowest BCUT2D eigenvalue weighted by atomic mass is 9.95. The number of carbonyl (C=O) groups is 2. The summed E-state index contributed by atoms with van der Waals surface area (Å²) in [6.07, 6.45) is 0.161. The minimum absolute atomic E-state index is 0.0273. The summed E-state index contributed by atoms with van der Waals surface area (Å²) in [7, 11) is -4.06. The van der Waals surface area contributed by atoms with Gasteiger partial charge in [0.15, 0.2) is 11.5 Å². The number of amides is 2. The quantitative estimate of drug-likeness (QED) is 0.393. The molecular weight excluding hydrogens is 506 g/mol. The van der Waals surface area contributed by atoms with Gasteiger partial charge in [-0.05, 0) is 58.7 Å². The van der Waals surface area contributed by atoms with Crippen LogP contribution in [0, 0.1) is 0 Å². The minimum Gasteiger partial charge on any atom is -0.454 e. The van der Waals surface area contributed by atoms with Crippen LogP contribution in [-0.2, 0) is 27.8 Å². The fraction of sp³-hybridized carbons (Fsp3) is 0.143. The summed E-state index contributed by atoms with van der Waals surface area (Å²) in [4.78, 5) is 26.2. The van der Waals surface area contributed by atoms with Crippen molar-refractivity contribution in [2.45, 2.75) is 23.9 Å². The van der Waals surface area contributed by atoms with Crippen LogP contribution in [0.5, 0.6) is 11.5 Å². The standard InChI is InChI=1S/C28H23N3O6S/c32-27(21-10-12-25-26(15-21)37-17-36-25)29-30-28(33)24-14-20-7-3-4-8-22(20)16-31(24)38(34,35)23-11-9-18-5-1-2-6-19(18)13-23/h1-13,15,24H,14,16-17H2,(H,29,32)(H,30,33)/t24-/m0/s1. The second-order valence-corrected chi connectivity index (χ2v) is 10.9. The molecule has 0 saturated carbocycles. The van der Waals surface area contributed by atoms with E-state index < -0.39 is 27.9 Å². The predicted molar refractivity (Wildman–Crippen MR) is 139 cm³/mol. The molecule has 2 heterocycles. The smallest absolute Gasteiger partial charge is 0.269 e. The SMILES string of the molecule is O=C(NNC(=O)[C@@H]1Cc2ccccc2CN1S(=O)(=O)c1ccc2ccccc2c1)c1ccc2c(c1)OCO2. The molecule has 0 unspecified atom stereocenters. The third kappa shape index (κ3) is 4.33. The normalized spacial score (nSPS) is 16.6. The van der Waals surface area contributed by atoms with Crippen molar-refractivity contribution >= 4 is 32.6 Å². The maximum absolute atomic E-state index is 13.9. The Morgan fingerprint density at radius 1 is 0.789 bits per heavy atom. The van der Waals surface area contributed by atoms with Gasteiger partial charge in [0.25, 0.3) is 11.8 Å². The van der Waals surface area contributed by atoms with Crippen molar-refractivity contribution in [3.05, 3.63) is 102 Å². The van der Waals surface area contributed by atoms with Crippen molar-refractivity contribution in [1.29, 1.82) is 0 Å². The van der Waals surface area contributed by atoms with Gasteiger partial charge in [-0.1, -0.05) is 54.6 Å². The van der Waals surface area contributed by atoms with Crippen LogP contribution >= 0.6 is 0 Å². The molecule has 2 aliphatic rings. The molecule has 0 aromatic heterocycles. The Kier molecular flexibility index (Phi) is 5.97. The van der Waals surface area contributed by atoms with Gasteiger partial charge in [0, 0.05) is 12.1 Å². The Morgan fingerprint density at radius 3 is 2.37 bits per heavy atom. The van der Waals surface area contributed by atoms with Gasteiger partial charge in [-0.2, -0.15) is 4.31 Å². The van der Waals surface area contributed by atoms with Crippen LogP contribution in [-0.4, -0.2) is 37.4 Å². The highest BCUT2D eigenvalue weighted by atomic mass is 32.2. The van der Waals surface area contributed by atoms with Gasteiger partial charge < -0.3 is 9.47 Å². The predicted octanol–water partition coefficient (Wildman–Crippen LogP) is 3.15. The number of sulfonamides is 1. The molecular formula is C28H23N3O6S. The van der Waals surface area contributed by atoms with Gasteiger partial charge in [-0.25, -0.2) is 8.42 Å².